The Morgan fingerprint density at radius 1 is 0.893 bits per heavy atom. The first kappa shape index (κ1) is 18.6. The van der Waals surface area contributed by atoms with Gasteiger partial charge in [-0.2, -0.15) is 0 Å². The van der Waals surface area contributed by atoms with Gasteiger partial charge in [0.05, 0.1) is 17.6 Å². The van der Waals surface area contributed by atoms with Crippen molar-refractivity contribution in [1.29, 1.82) is 0 Å². The van der Waals surface area contributed by atoms with Crippen LogP contribution < -0.4 is 4.74 Å². The van der Waals surface area contributed by atoms with Crippen molar-refractivity contribution < 1.29 is 9.84 Å². The number of aliphatic hydroxyl groups is 1. The van der Waals surface area contributed by atoms with E-state index < -0.39 is 6.10 Å². The molecule has 1 atom stereocenters. The zero-order chi connectivity index (χ0) is 19.2. The molecule has 3 aromatic carbocycles. The second kappa shape index (κ2) is 8.95. The quantitative estimate of drug-likeness (QED) is 0.440. The largest absolute Gasteiger partial charge is 0.491 e. The Labute approximate surface area is 168 Å². The lowest BCUT2D eigenvalue weighted by molar-refractivity contribution is 0.0914. The molecule has 0 radical (unpaired) electrons. The van der Waals surface area contributed by atoms with E-state index in [1.165, 1.54) is 5.56 Å². The highest BCUT2D eigenvalue weighted by molar-refractivity contribution is 7.98. The number of aliphatic hydroxyl groups excluding tert-OH is 1. The number of para-hydroxylation sites is 3. The van der Waals surface area contributed by atoms with Gasteiger partial charge in [-0.25, -0.2) is 4.98 Å². The van der Waals surface area contributed by atoms with E-state index in [1.54, 1.807) is 11.8 Å². The van der Waals surface area contributed by atoms with Gasteiger partial charge in [0.1, 0.15) is 18.5 Å². The molecule has 1 aromatic heterocycles. The van der Waals surface area contributed by atoms with Crippen LogP contribution in [-0.4, -0.2) is 27.4 Å². The van der Waals surface area contributed by atoms with Crippen LogP contribution in [0, 0.1) is 0 Å². The van der Waals surface area contributed by atoms with Crippen molar-refractivity contribution in [2.24, 2.45) is 0 Å². The summed E-state index contributed by atoms with van der Waals surface area (Å²) in [5.74, 6) is 1.59. The summed E-state index contributed by atoms with van der Waals surface area (Å²) in [5, 5.41) is 11.5. The summed E-state index contributed by atoms with van der Waals surface area (Å²) in [6, 6.07) is 27.9. The van der Waals surface area contributed by atoms with Gasteiger partial charge < -0.3 is 14.4 Å². The summed E-state index contributed by atoms with van der Waals surface area (Å²) >= 11 is 1.68. The molecule has 142 valence electrons. The number of benzene rings is 3. The number of aromatic nitrogens is 2. The summed E-state index contributed by atoms with van der Waals surface area (Å²) in [5.41, 5.74) is 3.21. The molecule has 4 nitrogen and oxygen atoms in total. The van der Waals surface area contributed by atoms with Crippen LogP contribution in [0.5, 0.6) is 5.75 Å². The maximum absolute atomic E-state index is 10.6. The SMILES string of the molecule is OC(COc1ccccc1)Cn1c(SCc2ccccc2)nc2ccccc21. The smallest absolute Gasteiger partial charge is 0.169 e. The first-order valence-electron chi connectivity index (χ1n) is 9.27. The van der Waals surface area contributed by atoms with Crippen molar-refractivity contribution in [2.45, 2.75) is 23.6 Å². The molecular formula is C23H22N2O2S. The Morgan fingerprint density at radius 3 is 2.36 bits per heavy atom. The van der Waals surface area contributed by atoms with Gasteiger partial charge in [0, 0.05) is 5.75 Å². The molecule has 0 aliphatic carbocycles. The zero-order valence-electron chi connectivity index (χ0n) is 15.4. The van der Waals surface area contributed by atoms with Crippen LogP contribution >= 0.6 is 11.8 Å². The van der Waals surface area contributed by atoms with Gasteiger partial charge in [-0.15, -0.1) is 0 Å². The number of hydrogen-bond donors (Lipinski definition) is 1. The maximum Gasteiger partial charge on any atom is 0.169 e. The predicted octanol–water partition coefficient (Wildman–Crippen LogP) is 4.77. The van der Waals surface area contributed by atoms with Crippen LogP contribution in [-0.2, 0) is 12.3 Å². The average molecular weight is 391 g/mol. The third-order valence-corrected chi connectivity index (χ3v) is 5.46. The fourth-order valence-corrected chi connectivity index (χ4v) is 4.01. The van der Waals surface area contributed by atoms with Crippen LogP contribution in [0.2, 0.25) is 0 Å². The Kier molecular flexibility index (Phi) is 5.95. The van der Waals surface area contributed by atoms with Crippen molar-refractivity contribution in [1.82, 2.24) is 9.55 Å². The van der Waals surface area contributed by atoms with Crippen molar-refractivity contribution in [3.63, 3.8) is 0 Å². The molecule has 0 bridgehead atoms. The van der Waals surface area contributed by atoms with Gasteiger partial charge >= 0.3 is 0 Å². The minimum Gasteiger partial charge on any atom is -0.491 e. The molecule has 1 heterocycles. The van der Waals surface area contributed by atoms with Gasteiger partial charge in [0.2, 0.25) is 0 Å². The molecule has 4 aromatic rings. The lowest BCUT2D eigenvalue weighted by Gasteiger charge is -2.15. The Bertz CT molecular complexity index is 1020. The number of imidazole rings is 1. The summed E-state index contributed by atoms with van der Waals surface area (Å²) in [4.78, 5) is 4.77. The van der Waals surface area contributed by atoms with Gasteiger partial charge in [0.25, 0.3) is 0 Å². The third kappa shape index (κ3) is 4.55. The van der Waals surface area contributed by atoms with Gasteiger partial charge in [0.15, 0.2) is 5.16 Å². The fourth-order valence-electron chi connectivity index (χ4n) is 3.03. The monoisotopic (exact) mass is 390 g/mol. The number of hydrogen-bond acceptors (Lipinski definition) is 4. The van der Waals surface area contributed by atoms with Crippen molar-refractivity contribution in [2.75, 3.05) is 6.61 Å². The molecule has 5 heteroatoms. The molecule has 0 fully saturated rings. The molecule has 0 aliphatic rings. The third-order valence-electron chi connectivity index (χ3n) is 4.41. The molecule has 1 unspecified atom stereocenters. The second-order valence-corrected chi connectivity index (χ2v) is 7.49. The van der Waals surface area contributed by atoms with E-state index in [4.69, 9.17) is 9.72 Å². The van der Waals surface area contributed by atoms with E-state index >= 15 is 0 Å². The first-order chi connectivity index (χ1) is 13.8. The van der Waals surface area contributed by atoms with E-state index in [2.05, 4.69) is 16.7 Å². The van der Waals surface area contributed by atoms with Crippen LogP contribution in [0.25, 0.3) is 11.0 Å². The van der Waals surface area contributed by atoms with Crippen molar-refractivity contribution in [3.8, 4) is 5.75 Å². The van der Waals surface area contributed by atoms with E-state index in [-0.39, 0.29) is 6.61 Å². The highest BCUT2D eigenvalue weighted by atomic mass is 32.2. The molecular weight excluding hydrogens is 368 g/mol. The minimum absolute atomic E-state index is 0.235. The molecule has 0 saturated carbocycles. The minimum atomic E-state index is -0.631. The van der Waals surface area contributed by atoms with Crippen LogP contribution in [0.3, 0.4) is 0 Å². The second-order valence-electron chi connectivity index (χ2n) is 6.55. The fraction of sp³-hybridized carbons (Fsp3) is 0.174. The average Bonchev–Trinajstić information content (AvgIpc) is 3.10. The van der Waals surface area contributed by atoms with E-state index in [9.17, 15) is 5.11 Å². The Hall–Kier alpha value is -2.76. The number of nitrogens with zero attached hydrogens (tertiary/aromatic N) is 2. The maximum atomic E-state index is 10.6. The topological polar surface area (TPSA) is 47.3 Å². The van der Waals surface area contributed by atoms with Gasteiger partial charge in [-0.1, -0.05) is 72.4 Å². The standard InChI is InChI=1S/C23H22N2O2S/c26-19(16-27-20-11-5-2-6-12-20)15-25-22-14-8-7-13-21(22)24-23(25)28-17-18-9-3-1-4-10-18/h1-14,19,26H,15-17H2. The number of rotatable bonds is 8. The molecule has 0 saturated heterocycles. The molecule has 4 rings (SSSR count). The lowest BCUT2D eigenvalue weighted by Crippen LogP contribution is -2.24. The number of thioether (sulfide) groups is 1. The van der Waals surface area contributed by atoms with Crippen molar-refractivity contribution in [3.05, 3.63) is 90.5 Å². The number of ether oxygens (including phenoxy) is 1. The summed E-state index contributed by atoms with van der Waals surface area (Å²) in [6.07, 6.45) is -0.631. The molecule has 0 spiro atoms. The van der Waals surface area contributed by atoms with Gasteiger partial charge in [-0.05, 0) is 29.8 Å². The normalized spacial score (nSPS) is 12.2. The summed E-state index contributed by atoms with van der Waals surface area (Å²) in [6.45, 7) is 0.670. The van der Waals surface area contributed by atoms with Crippen LogP contribution in [0.4, 0.5) is 0 Å². The molecule has 28 heavy (non-hydrogen) atoms. The van der Waals surface area contributed by atoms with Gasteiger partial charge in [-0.3, -0.25) is 0 Å². The number of fused-ring (bicyclic) bond motifs is 1. The van der Waals surface area contributed by atoms with Crippen molar-refractivity contribution >= 4 is 22.8 Å². The van der Waals surface area contributed by atoms with E-state index in [1.807, 2.05) is 72.8 Å². The summed E-state index contributed by atoms with van der Waals surface area (Å²) in [7, 11) is 0. The zero-order valence-corrected chi connectivity index (χ0v) is 16.3. The highest BCUT2D eigenvalue weighted by Gasteiger charge is 2.15. The first-order valence-corrected chi connectivity index (χ1v) is 10.3. The summed E-state index contributed by atoms with van der Waals surface area (Å²) < 4.78 is 7.79. The Morgan fingerprint density at radius 2 is 1.57 bits per heavy atom. The highest BCUT2D eigenvalue weighted by Crippen LogP contribution is 2.27. The van der Waals surface area contributed by atoms with Crippen LogP contribution in [0.15, 0.2) is 90.1 Å². The Balaban J connectivity index is 1.49. The van der Waals surface area contributed by atoms with Crippen LogP contribution in [0.1, 0.15) is 5.56 Å². The molecule has 0 amide bonds. The lowest BCUT2D eigenvalue weighted by atomic mass is 10.2. The van der Waals surface area contributed by atoms with E-state index in [0.717, 1.165) is 27.7 Å². The molecule has 1 N–H and O–H groups in total. The van der Waals surface area contributed by atoms with E-state index in [0.29, 0.717) is 6.54 Å². The predicted molar refractivity (Wildman–Crippen MR) is 114 cm³/mol. The molecule has 0 aliphatic heterocycles.